The van der Waals surface area contributed by atoms with E-state index in [0.29, 0.717) is 19.5 Å². The van der Waals surface area contributed by atoms with Crippen molar-refractivity contribution < 1.29 is 19.1 Å². The van der Waals surface area contributed by atoms with Gasteiger partial charge in [-0.1, -0.05) is 72.8 Å². The van der Waals surface area contributed by atoms with Gasteiger partial charge in [-0.15, -0.1) is 0 Å². The third-order valence-corrected chi connectivity index (χ3v) is 6.51. The smallest absolute Gasteiger partial charge is 0.243 e. The fourth-order valence-corrected chi connectivity index (χ4v) is 4.49. The zero-order valence-corrected chi connectivity index (χ0v) is 20.8. The molecule has 36 heavy (non-hydrogen) atoms. The van der Waals surface area contributed by atoms with Crippen LogP contribution in [-0.4, -0.2) is 49.1 Å². The highest BCUT2D eigenvalue weighted by molar-refractivity contribution is 5.88. The topological polar surface area (TPSA) is 67.9 Å². The van der Waals surface area contributed by atoms with Crippen molar-refractivity contribution in [2.45, 2.75) is 44.4 Å². The molecule has 1 fully saturated rings. The lowest BCUT2D eigenvalue weighted by molar-refractivity contribution is -0.141. The lowest BCUT2D eigenvalue weighted by atomic mass is 10.0. The third-order valence-electron chi connectivity index (χ3n) is 6.51. The van der Waals surface area contributed by atoms with Gasteiger partial charge in [-0.25, -0.2) is 0 Å². The van der Waals surface area contributed by atoms with Crippen molar-refractivity contribution in [3.63, 3.8) is 0 Å². The molecule has 6 heteroatoms. The molecule has 0 saturated carbocycles. The van der Waals surface area contributed by atoms with Crippen LogP contribution in [0, 0.1) is 0 Å². The number of hydrogen-bond acceptors (Lipinski definition) is 4. The Morgan fingerprint density at radius 2 is 1.61 bits per heavy atom. The number of rotatable bonds is 11. The van der Waals surface area contributed by atoms with E-state index in [-0.39, 0.29) is 24.3 Å². The SMILES string of the molecule is COc1ccc(CN(C(=O)Cc2ccccc2)[C@@H](Cc2ccccc2)C(=O)NC[C@H]2CCCO2)cc1. The molecule has 1 heterocycles. The van der Waals surface area contributed by atoms with Gasteiger partial charge < -0.3 is 19.7 Å². The van der Waals surface area contributed by atoms with Crippen molar-refractivity contribution in [1.29, 1.82) is 0 Å². The summed E-state index contributed by atoms with van der Waals surface area (Å²) in [5, 5.41) is 3.07. The number of nitrogens with one attached hydrogen (secondary N) is 1. The van der Waals surface area contributed by atoms with Gasteiger partial charge in [-0.3, -0.25) is 9.59 Å². The first-order valence-corrected chi connectivity index (χ1v) is 12.5. The molecule has 4 rings (SSSR count). The van der Waals surface area contributed by atoms with E-state index in [1.807, 2.05) is 84.9 Å². The quantitative estimate of drug-likeness (QED) is 0.442. The molecule has 6 nitrogen and oxygen atoms in total. The van der Waals surface area contributed by atoms with Crippen LogP contribution in [0.4, 0.5) is 0 Å². The second-order valence-corrected chi connectivity index (χ2v) is 9.12. The summed E-state index contributed by atoms with van der Waals surface area (Å²) in [5.74, 6) is 0.491. The molecular weight excluding hydrogens is 452 g/mol. The minimum atomic E-state index is -0.660. The number of nitrogens with zero attached hydrogens (tertiary/aromatic N) is 1. The van der Waals surface area contributed by atoms with Gasteiger partial charge in [-0.2, -0.15) is 0 Å². The van der Waals surface area contributed by atoms with Gasteiger partial charge >= 0.3 is 0 Å². The zero-order chi connectivity index (χ0) is 25.2. The van der Waals surface area contributed by atoms with E-state index in [4.69, 9.17) is 9.47 Å². The number of ether oxygens (including phenoxy) is 2. The predicted molar refractivity (Wildman–Crippen MR) is 140 cm³/mol. The molecule has 1 saturated heterocycles. The van der Waals surface area contributed by atoms with Gasteiger partial charge in [0, 0.05) is 26.1 Å². The Morgan fingerprint density at radius 1 is 0.944 bits per heavy atom. The van der Waals surface area contributed by atoms with Gasteiger partial charge in [0.15, 0.2) is 0 Å². The highest BCUT2D eigenvalue weighted by Crippen LogP contribution is 2.19. The number of carbonyl (C=O) groups is 2. The second kappa shape index (κ2) is 12.9. The molecule has 0 bridgehead atoms. The predicted octanol–water partition coefficient (Wildman–Crippen LogP) is 4.17. The van der Waals surface area contributed by atoms with Crippen LogP contribution in [0.2, 0.25) is 0 Å². The Bertz CT molecular complexity index is 1100. The molecule has 0 unspecified atom stereocenters. The summed E-state index contributed by atoms with van der Waals surface area (Å²) in [5.41, 5.74) is 2.85. The van der Waals surface area contributed by atoms with Crippen LogP contribution >= 0.6 is 0 Å². The maximum Gasteiger partial charge on any atom is 0.243 e. The molecule has 0 spiro atoms. The molecule has 188 valence electrons. The van der Waals surface area contributed by atoms with Crippen molar-refractivity contribution >= 4 is 11.8 Å². The Hall–Kier alpha value is -3.64. The second-order valence-electron chi connectivity index (χ2n) is 9.12. The fourth-order valence-electron chi connectivity index (χ4n) is 4.49. The molecule has 3 aromatic rings. The van der Waals surface area contributed by atoms with Crippen LogP contribution in [0.25, 0.3) is 0 Å². The van der Waals surface area contributed by atoms with E-state index in [1.54, 1.807) is 12.0 Å². The molecule has 1 aliphatic rings. The lowest BCUT2D eigenvalue weighted by Gasteiger charge is -2.32. The van der Waals surface area contributed by atoms with Crippen LogP contribution in [0.1, 0.15) is 29.5 Å². The molecule has 0 aliphatic carbocycles. The van der Waals surface area contributed by atoms with Crippen LogP contribution in [0.3, 0.4) is 0 Å². The van der Waals surface area contributed by atoms with Crippen LogP contribution in [0.5, 0.6) is 5.75 Å². The minimum Gasteiger partial charge on any atom is -0.497 e. The van der Waals surface area contributed by atoms with E-state index < -0.39 is 6.04 Å². The summed E-state index contributed by atoms with van der Waals surface area (Å²) in [6.45, 7) is 1.50. The zero-order valence-electron chi connectivity index (χ0n) is 20.8. The Kier molecular flexibility index (Phi) is 9.11. The molecule has 2 amide bonds. The van der Waals surface area contributed by atoms with Gasteiger partial charge in [-0.05, 0) is 41.7 Å². The molecule has 1 aliphatic heterocycles. The third kappa shape index (κ3) is 7.18. The monoisotopic (exact) mass is 486 g/mol. The Labute approximate surface area is 213 Å². The number of methoxy groups -OCH3 is 1. The first kappa shape index (κ1) is 25.5. The first-order chi connectivity index (χ1) is 17.6. The van der Waals surface area contributed by atoms with Gasteiger partial charge in [0.1, 0.15) is 11.8 Å². The average Bonchev–Trinajstić information content (AvgIpc) is 3.44. The van der Waals surface area contributed by atoms with E-state index >= 15 is 0 Å². The van der Waals surface area contributed by atoms with E-state index in [0.717, 1.165) is 41.9 Å². The lowest BCUT2D eigenvalue weighted by Crippen LogP contribution is -2.52. The first-order valence-electron chi connectivity index (χ1n) is 12.5. The van der Waals surface area contributed by atoms with Crippen LogP contribution in [-0.2, 0) is 33.7 Å². The number of benzene rings is 3. The molecular formula is C30H34N2O4. The summed E-state index contributed by atoms with van der Waals surface area (Å²) >= 11 is 0. The van der Waals surface area contributed by atoms with Crippen molar-refractivity contribution in [3.8, 4) is 5.75 Å². The summed E-state index contributed by atoms with van der Waals surface area (Å²) in [6, 6.07) is 26.5. The van der Waals surface area contributed by atoms with E-state index in [9.17, 15) is 9.59 Å². The van der Waals surface area contributed by atoms with Gasteiger partial charge in [0.05, 0.1) is 19.6 Å². The normalized spacial score (nSPS) is 15.8. The van der Waals surface area contributed by atoms with Crippen molar-refractivity contribution in [2.24, 2.45) is 0 Å². The molecule has 0 aromatic heterocycles. The molecule has 0 radical (unpaired) electrons. The number of carbonyl (C=O) groups excluding carboxylic acids is 2. The maximum absolute atomic E-state index is 13.7. The highest BCUT2D eigenvalue weighted by Gasteiger charge is 2.31. The molecule has 3 aromatic carbocycles. The summed E-state index contributed by atoms with van der Waals surface area (Å²) in [6.07, 6.45) is 2.62. The number of amides is 2. The standard InChI is InChI=1S/C30H34N2O4/c1-35-26-16-14-25(15-17-26)22-32(29(33)20-24-11-6-3-7-12-24)28(19-23-9-4-2-5-10-23)30(34)31-21-27-13-8-18-36-27/h2-7,9-12,14-17,27-28H,8,13,18-22H2,1H3,(H,31,34)/t27-,28+/m1/s1. The Balaban J connectivity index is 1.61. The van der Waals surface area contributed by atoms with Crippen LogP contribution in [0.15, 0.2) is 84.9 Å². The summed E-state index contributed by atoms with van der Waals surface area (Å²) in [7, 11) is 1.62. The molecule has 2 atom stereocenters. The summed E-state index contributed by atoms with van der Waals surface area (Å²) < 4.78 is 11.0. The van der Waals surface area contributed by atoms with Gasteiger partial charge in [0.25, 0.3) is 0 Å². The largest absolute Gasteiger partial charge is 0.497 e. The average molecular weight is 487 g/mol. The maximum atomic E-state index is 13.7. The van der Waals surface area contributed by atoms with E-state index in [1.165, 1.54) is 0 Å². The Morgan fingerprint density at radius 3 is 2.22 bits per heavy atom. The fraction of sp³-hybridized carbons (Fsp3) is 0.333. The van der Waals surface area contributed by atoms with E-state index in [2.05, 4.69) is 5.32 Å². The minimum absolute atomic E-state index is 0.0291. The van der Waals surface area contributed by atoms with Crippen molar-refractivity contribution in [1.82, 2.24) is 10.2 Å². The van der Waals surface area contributed by atoms with Crippen molar-refractivity contribution in [3.05, 3.63) is 102 Å². The summed E-state index contributed by atoms with van der Waals surface area (Å²) in [4.78, 5) is 29.1. The van der Waals surface area contributed by atoms with Crippen LogP contribution < -0.4 is 10.1 Å². The highest BCUT2D eigenvalue weighted by atomic mass is 16.5. The van der Waals surface area contributed by atoms with Gasteiger partial charge in [0.2, 0.25) is 11.8 Å². The number of hydrogen-bond donors (Lipinski definition) is 1. The van der Waals surface area contributed by atoms with Crippen molar-refractivity contribution in [2.75, 3.05) is 20.3 Å². The molecule has 1 N–H and O–H groups in total.